The van der Waals surface area contributed by atoms with Crippen LogP contribution in [0.25, 0.3) is 11.5 Å². The summed E-state index contributed by atoms with van der Waals surface area (Å²) in [5, 5.41) is 16.3. The van der Waals surface area contributed by atoms with Gasteiger partial charge in [0.15, 0.2) is 0 Å². The fourth-order valence-electron chi connectivity index (χ4n) is 1.49. The van der Waals surface area contributed by atoms with Gasteiger partial charge in [-0.15, -0.1) is 10.2 Å². The second-order valence-corrected chi connectivity index (χ2v) is 4.62. The first-order valence-electron chi connectivity index (χ1n) is 5.37. The largest absolute Gasteiger partial charge is 0.481 e. The number of hydrogen-bond donors (Lipinski definition) is 1. The van der Waals surface area contributed by atoms with Crippen LogP contribution in [-0.4, -0.2) is 21.3 Å². The molecule has 6 heteroatoms. The molecule has 0 saturated heterocycles. The fraction of sp³-hybridized carbons (Fsp3) is 0.250. The lowest BCUT2D eigenvalue weighted by Crippen LogP contribution is -1.97. The molecule has 0 aliphatic carbocycles. The van der Waals surface area contributed by atoms with E-state index in [1.807, 2.05) is 25.1 Å². The van der Waals surface area contributed by atoms with Crippen molar-refractivity contribution in [2.45, 2.75) is 19.8 Å². The zero-order valence-electron chi connectivity index (χ0n) is 9.68. The minimum absolute atomic E-state index is 0.0172. The lowest BCUT2D eigenvalue weighted by molar-refractivity contribution is -0.137. The number of nitrogens with zero attached hydrogens (tertiary/aromatic N) is 2. The van der Waals surface area contributed by atoms with Gasteiger partial charge >= 0.3 is 5.97 Å². The van der Waals surface area contributed by atoms with E-state index in [0.717, 1.165) is 15.6 Å². The molecule has 5 nitrogen and oxygen atoms in total. The molecular weight excluding hydrogens is 300 g/mol. The summed E-state index contributed by atoms with van der Waals surface area (Å²) in [6.07, 6.45) is 0.225. The number of carboxylic acid groups (broad SMARTS) is 1. The van der Waals surface area contributed by atoms with E-state index in [4.69, 9.17) is 9.52 Å². The van der Waals surface area contributed by atoms with Crippen molar-refractivity contribution in [2.75, 3.05) is 0 Å². The Morgan fingerprint density at radius 1 is 1.44 bits per heavy atom. The molecule has 0 spiro atoms. The van der Waals surface area contributed by atoms with E-state index in [0.29, 0.717) is 11.8 Å². The molecule has 0 radical (unpaired) electrons. The Labute approximate surface area is 112 Å². The lowest BCUT2D eigenvalue weighted by Gasteiger charge is -2.01. The zero-order chi connectivity index (χ0) is 13.1. The van der Waals surface area contributed by atoms with Gasteiger partial charge in [-0.3, -0.25) is 4.79 Å². The molecule has 94 valence electrons. The minimum Gasteiger partial charge on any atom is -0.481 e. The van der Waals surface area contributed by atoms with Gasteiger partial charge < -0.3 is 9.52 Å². The third kappa shape index (κ3) is 2.76. The number of carbonyl (C=O) groups is 1. The maximum atomic E-state index is 10.5. The minimum atomic E-state index is -0.883. The third-order valence-electron chi connectivity index (χ3n) is 2.44. The summed E-state index contributed by atoms with van der Waals surface area (Å²) >= 11 is 3.47. The normalized spacial score (nSPS) is 10.6. The Balaban J connectivity index is 2.24. The molecule has 0 aliphatic rings. The van der Waals surface area contributed by atoms with Crippen molar-refractivity contribution >= 4 is 21.9 Å². The van der Waals surface area contributed by atoms with Gasteiger partial charge in [0.05, 0.1) is 12.0 Å². The molecule has 1 heterocycles. The van der Waals surface area contributed by atoms with Crippen LogP contribution in [0.15, 0.2) is 27.1 Å². The van der Waals surface area contributed by atoms with Crippen molar-refractivity contribution < 1.29 is 14.3 Å². The van der Waals surface area contributed by atoms with Crippen LogP contribution in [0.1, 0.15) is 17.9 Å². The molecule has 0 bridgehead atoms. The molecule has 1 aromatic carbocycles. The Morgan fingerprint density at radius 3 is 2.94 bits per heavy atom. The van der Waals surface area contributed by atoms with Crippen LogP contribution in [0.5, 0.6) is 0 Å². The quantitative estimate of drug-likeness (QED) is 0.939. The number of halogens is 1. The van der Waals surface area contributed by atoms with Crippen LogP contribution < -0.4 is 0 Å². The molecule has 0 saturated carbocycles. The van der Waals surface area contributed by atoms with Gasteiger partial charge in [-0.25, -0.2) is 0 Å². The van der Waals surface area contributed by atoms with Crippen LogP contribution >= 0.6 is 15.9 Å². The molecule has 1 aromatic heterocycles. The molecule has 0 aliphatic heterocycles. The Morgan fingerprint density at radius 2 is 2.22 bits per heavy atom. The number of benzene rings is 1. The monoisotopic (exact) mass is 310 g/mol. The molecule has 0 fully saturated rings. The maximum absolute atomic E-state index is 10.5. The molecule has 0 amide bonds. The highest BCUT2D eigenvalue weighted by Gasteiger charge is 2.13. The van der Waals surface area contributed by atoms with Gasteiger partial charge in [0.2, 0.25) is 11.8 Å². The van der Waals surface area contributed by atoms with E-state index in [1.54, 1.807) is 0 Å². The van der Waals surface area contributed by atoms with E-state index >= 15 is 0 Å². The van der Waals surface area contributed by atoms with Crippen molar-refractivity contribution in [3.8, 4) is 11.5 Å². The van der Waals surface area contributed by atoms with Crippen LogP contribution in [-0.2, 0) is 11.2 Å². The van der Waals surface area contributed by atoms with Gasteiger partial charge in [-0.2, -0.15) is 0 Å². The van der Waals surface area contributed by atoms with Gasteiger partial charge in [-0.05, 0) is 34.5 Å². The van der Waals surface area contributed by atoms with E-state index in [2.05, 4.69) is 26.1 Å². The van der Waals surface area contributed by atoms with Crippen LogP contribution in [0.2, 0.25) is 0 Å². The average molecular weight is 311 g/mol. The number of rotatable bonds is 4. The van der Waals surface area contributed by atoms with Crippen molar-refractivity contribution in [3.63, 3.8) is 0 Å². The molecule has 18 heavy (non-hydrogen) atoms. The molecule has 2 rings (SSSR count). The van der Waals surface area contributed by atoms with Crippen molar-refractivity contribution in [3.05, 3.63) is 34.1 Å². The van der Waals surface area contributed by atoms with Gasteiger partial charge in [0.1, 0.15) is 0 Å². The molecule has 2 aromatic rings. The number of carboxylic acids is 1. The SMILES string of the molecule is Cc1cccc(-c2nnc(CCC(=O)O)o2)c1Br. The summed E-state index contributed by atoms with van der Waals surface area (Å²) in [4.78, 5) is 10.5. The van der Waals surface area contributed by atoms with E-state index in [-0.39, 0.29) is 12.8 Å². The highest BCUT2D eigenvalue weighted by atomic mass is 79.9. The first kappa shape index (κ1) is 12.8. The van der Waals surface area contributed by atoms with Gasteiger partial charge in [-0.1, -0.05) is 12.1 Å². The summed E-state index contributed by atoms with van der Waals surface area (Å²) in [5.41, 5.74) is 1.88. The van der Waals surface area contributed by atoms with Crippen LogP contribution in [0.4, 0.5) is 0 Å². The van der Waals surface area contributed by atoms with E-state index in [1.165, 1.54) is 0 Å². The van der Waals surface area contributed by atoms with E-state index in [9.17, 15) is 4.79 Å². The summed E-state index contributed by atoms with van der Waals surface area (Å²) in [5.74, 6) is -0.154. The van der Waals surface area contributed by atoms with Crippen molar-refractivity contribution in [2.24, 2.45) is 0 Å². The Bertz CT molecular complexity index is 580. The molecular formula is C12H11BrN2O3. The summed E-state index contributed by atoms with van der Waals surface area (Å²) in [6.45, 7) is 1.97. The third-order valence-corrected chi connectivity index (χ3v) is 3.49. The number of aromatic nitrogens is 2. The summed E-state index contributed by atoms with van der Waals surface area (Å²) < 4.78 is 6.34. The van der Waals surface area contributed by atoms with Crippen LogP contribution in [0, 0.1) is 6.92 Å². The zero-order valence-corrected chi connectivity index (χ0v) is 11.3. The topological polar surface area (TPSA) is 76.2 Å². The van der Waals surface area contributed by atoms with Crippen molar-refractivity contribution in [1.29, 1.82) is 0 Å². The lowest BCUT2D eigenvalue weighted by atomic mass is 10.1. The maximum Gasteiger partial charge on any atom is 0.303 e. The first-order valence-corrected chi connectivity index (χ1v) is 6.17. The Hall–Kier alpha value is -1.69. The predicted octanol–water partition coefficient (Wildman–Crippen LogP) is 2.82. The highest BCUT2D eigenvalue weighted by Crippen LogP contribution is 2.29. The number of aryl methyl sites for hydroxylation is 2. The molecule has 0 unspecified atom stereocenters. The highest BCUT2D eigenvalue weighted by molar-refractivity contribution is 9.10. The smallest absolute Gasteiger partial charge is 0.303 e. The second-order valence-electron chi connectivity index (χ2n) is 3.83. The van der Waals surface area contributed by atoms with Crippen LogP contribution in [0.3, 0.4) is 0 Å². The molecule has 1 N–H and O–H groups in total. The number of aliphatic carboxylic acids is 1. The van der Waals surface area contributed by atoms with Crippen molar-refractivity contribution in [1.82, 2.24) is 10.2 Å². The first-order chi connectivity index (χ1) is 8.58. The van der Waals surface area contributed by atoms with E-state index < -0.39 is 5.97 Å². The Kier molecular flexibility index (Phi) is 3.76. The van der Waals surface area contributed by atoms with Gasteiger partial charge in [0.25, 0.3) is 0 Å². The fourth-order valence-corrected chi connectivity index (χ4v) is 1.92. The summed E-state index contributed by atoms with van der Waals surface area (Å²) in [6, 6.07) is 5.73. The standard InChI is InChI=1S/C12H11BrN2O3/c1-7-3-2-4-8(11(7)13)12-15-14-9(18-12)5-6-10(16)17/h2-4H,5-6H2,1H3,(H,16,17). The predicted molar refractivity (Wildman–Crippen MR) is 68.1 cm³/mol. The second kappa shape index (κ2) is 5.30. The molecule has 0 atom stereocenters. The summed E-state index contributed by atoms with van der Waals surface area (Å²) in [7, 11) is 0. The number of hydrogen-bond acceptors (Lipinski definition) is 4. The average Bonchev–Trinajstić information content (AvgIpc) is 2.78. The van der Waals surface area contributed by atoms with Gasteiger partial charge in [0, 0.05) is 10.9 Å².